The summed E-state index contributed by atoms with van der Waals surface area (Å²) in [4.78, 5) is 28.1. The Hall–Kier alpha value is -4.56. The van der Waals surface area contributed by atoms with Crippen LogP contribution in [-0.4, -0.2) is 68.3 Å². The number of piperidine rings is 2. The zero-order chi connectivity index (χ0) is 52.6. The molecule has 6 fully saturated rings. The summed E-state index contributed by atoms with van der Waals surface area (Å²) in [6, 6.07) is 18.2. The van der Waals surface area contributed by atoms with Crippen LogP contribution in [0.2, 0.25) is 0 Å². The first-order chi connectivity index (χ1) is 35.4. The number of ether oxygens (including phenoxy) is 2. The summed E-state index contributed by atoms with van der Waals surface area (Å²) in [6.07, 6.45) is 8.22. The lowest BCUT2D eigenvalue weighted by Crippen LogP contribution is -2.46. The SMILES string of the molecule is CCC1CCC(Oc2ccc3cc([C@@H](CC)N4C5CCC4CC(C(=O)O)C5)ccc3c2C(F)(F)F)CC1.CCC1CCC(Oc2ccc3cc([C@H](CC)N4C5CCC4CC(C(=O)O)C5)ccc3c2C(F)(F)F)CC1. The monoisotopic (exact) mass is 1030 g/mol. The number of carboxylic acid groups (broad SMARTS) is 2. The number of benzene rings is 4. The number of hydrogen-bond donors (Lipinski definition) is 2. The van der Waals surface area contributed by atoms with Gasteiger partial charge in [0, 0.05) is 36.3 Å². The van der Waals surface area contributed by atoms with Crippen molar-refractivity contribution >= 4 is 33.5 Å². The van der Waals surface area contributed by atoms with Gasteiger partial charge < -0.3 is 19.7 Å². The normalized spacial score (nSPS) is 29.4. The molecule has 4 unspecified atom stereocenters. The van der Waals surface area contributed by atoms with Gasteiger partial charge in [0.15, 0.2) is 0 Å². The number of carbonyl (C=O) groups is 2. The van der Waals surface area contributed by atoms with E-state index in [9.17, 15) is 46.1 Å². The van der Waals surface area contributed by atoms with E-state index < -0.39 is 35.4 Å². The summed E-state index contributed by atoms with van der Waals surface area (Å²) in [5, 5.41) is 20.6. The maximum absolute atomic E-state index is 14.3. The second-order valence-electron chi connectivity index (χ2n) is 22.7. The van der Waals surface area contributed by atoms with Gasteiger partial charge in [-0.25, -0.2) is 0 Å². The highest BCUT2D eigenvalue weighted by atomic mass is 19.4. The minimum absolute atomic E-state index is 0.0615. The number of halogens is 6. The molecule has 4 aliphatic heterocycles. The van der Waals surface area contributed by atoms with Gasteiger partial charge in [-0.1, -0.05) is 76.9 Å². The van der Waals surface area contributed by atoms with Gasteiger partial charge in [0.25, 0.3) is 0 Å². The quantitative estimate of drug-likeness (QED) is 0.121. The summed E-state index contributed by atoms with van der Waals surface area (Å²) in [5.74, 6) is -0.859. The summed E-state index contributed by atoms with van der Waals surface area (Å²) < 4.78 is 98.0. The molecule has 0 amide bonds. The predicted octanol–water partition coefficient (Wildman–Crippen LogP) is 16.0. The average molecular weight is 1040 g/mol. The molecule has 8 nitrogen and oxygen atoms in total. The molecule has 2 saturated carbocycles. The van der Waals surface area contributed by atoms with Crippen molar-refractivity contribution in [3.05, 3.63) is 82.9 Å². The molecule has 0 spiro atoms. The van der Waals surface area contributed by atoms with Gasteiger partial charge >= 0.3 is 24.3 Å². The average Bonchev–Trinajstić information content (AvgIpc) is 3.77. The number of nitrogens with zero attached hydrogens (tertiary/aromatic N) is 2. The molecule has 4 bridgehead atoms. The molecule has 4 aromatic rings. The van der Waals surface area contributed by atoms with Crippen LogP contribution in [0, 0.1) is 23.7 Å². The molecule has 4 heterocycles. The van der Waals surface area contributed by atoms with Gasteiger partial charge in [0.05, 0.1) is 24.0 Å². The molecule has 10 rings (SSSR count). The Labute approximate surface area is 432 Å². The van der Waals surface area contributed by atoms with Gasteiger partial charge in [-0.2, -0.15) is 26.3 Å². The molecule has 0 aromatic heterocycles. The number of carboxylic acids is 2. The minimum atomic E-state index is -4.51. The number of fused-ring (bicyclic) bond motifs is 6. The Morgan fingerprint density at radius 1 is 0.514 bits per heavy atom. The largest absolute Gasteiger partial charge is 0.490 e. The van der Waals surface area contributed by atoms with Crippen LogP contribution in [0.1, 0.15) is 190 Å². The van der Waals surface area contributed by atoms with Crippen molar-refractivity contribution < 1.29 is 55.6 Å². The Morgan fingerprint density at radius 2 is 0.851 bits per heavy atom. The van der Waals surface area contributed by atoms with Crippen molar-refractivity contribution in [1.29, 1.82) is 0 Å². The fourth-order valence-electron chi connectivity index (χ4n) is 14.6. The molecule has 74 heavy (non-hydrogen) atoms. The maximum Gasteiger partial charge on any atom is 0.420 e. The summed E-state index contributed by atoms with van der Waals surface area (Å²) >= 11 is 0. The molecule has 14 heteroatoms. The van der Waals surface area contributed by atoms with Crippen LogP contribution in [0.3, 0.4) is 0 Å². The van der Waals surface area contributed by atoms with Crippen LogP contribution in [0.15, 0.2) is 60.7 Å². The Morgan fingerprint density at radius 3 is 1.14 bits per heavy atom. The highest BCUT2D eigenvalue weighted by molar-refractivity contribution is 5.90. The van der Waals surface area contributed by atoms with Gasteiger partial charge in [0.2, 0.25) is 0 Å². The lowest BCUT2D eigenvalue weighted by Gasteiger charge is -2.42. The van der Waals surface area contributed by atoms with E-state index in [1.165, 1.54) is 12.1 Å². The smallest absolute Gasteiger partial charge is 0.420 e. The lowest BCUT2D eigenvalue weighted by molar-refractivity contribution is -0.145. The van der Waals surface area contributed by atoms with Crippen LogP contribution in [0.5, 0.6) is 11.5 Å². The van der Waals surface area contributed by atoms with Crippen LogP contribution in [0.25, 0.3) is 21.5 Å². The predicted molar refractivity (Wildman–Crippen MR) is 275 cm³/mol. The van der Waals surface area contributed by atoms with E-state index in [1.807, 2.05) is 24.3 Å². The van der Waals surface area contributed by atoms with Gasteiger partial charge in [-0.15, -0.1) is 0 Å². The summed E-state index contributed by atoms with van der Waals surface area (Å²) in [5.41, 5.74) is 0.648. The van der Waals surface area contributed by atoms with E-state index in [-0.39, 0.29) is 82.6 Å². The number of rotatable bonds is 14. The molecule has 2 N–H and O–H groups in total. The first-order valence-corrected chi connectivity index (χ1v) is 28.0. The van der Waals surface area contributed by atoms with Gasteiger partial charge in [0.1, 0.15) is 22.6 Å². The molecule has 4 aromatic carbocycles. The third-order valence-electron chi connectivity index (χ3n) is 18.4. The van der Waals surface area contributed by atoms with Gasteiger partial charge in [-0.05, 0) is 184 Å². The Bertz CT molecular complexity index is 2400. The van der Waals surface area contributed by atoms with Crippen LogP contribution < -0.4 is 9.47 Å². The number of hydrogen-bond acceptors (Lipinski definition) is 6. The fraction of sp³-hybridized carbons (Fsp3) is 0.633. The molecule has 404 valence electrons. The fourth-order valence-corrected chi connectivity index (χ4v) is 14.6. The third kappa shape index (κ3) is 11.4. The molecule has 4 saturated heterocycles. The van der Waals surface area contributed by atoms with Crippen LogP contribution >= 0.6 is 0 Å². The van der Waals surface area contributed by atoms with Crippen molar-refractivity contribution in [3.8, 4) is 11.5 Å². The standard InChI is InChI=1S/2C30H38F3NO3/c2*1-3-18-5-11-24(12-6-18)37-27-14-8-19-15-20(7-13-25(19)28(27)30(31,32)33)26(4-2)34-22-9-10-23(34)17-21(16-22)29(35)36/h2*7-8,13-15,18,21-24,26H,3-6,9-12,16-17H2,1-2H3,(H,35,36)/t2*18?,21?,22?,23?,24?,26-/m10/s1. The van der Waals surface area contributed by atoms with E-state index >= 15 is 0 Å². The zero-order valence-corrected chi connectivity index (χ0v) is 43.5. The Kier molecular flexibility index (Phi) is 16.5. The number of alkyl halides is 6. The lowest BCUT2D eigenvalue weighted by atomic mass is 9.86. The topological polar surface area (TPSA) is 99.5 Å². The van der Waals surface area contributed by atoms with Gasteiger partial charge in [-0.3, -0.25) is 19.4 Å². The molecule has 6 atom stereocenters. The number of aliphatic carboxylic acids is 2. The van der Waals surface area contributed by atoms with E-state index in [1.54, 1.807) is 24.3 Å². The van der Waals surface area contributed by atoms with Crippen molar-refractivity contribution in [3.63, 3.8) is 0 Å². The first kappa shape index (κ1) is 54.2. The van der Waals surface area contributed by atoms with Crippen molar-refractivity contribution in [1.82, 2.24) is 9.80 Å². The summed E-state index contributed by atoms with van der Waals surface area (Å²) in [7, 11) is 0. The minimum Gasteiger partial charge on any atom is -0.490 e. The highest BCUT2D eigenvalue weighted by Crippen LogP contribution is 2.50. The van der Waals surface area contributed by atoms with Crippen molar-refractivity contribution in [2.75, 3.05) is 0 Å². The Balaban J connectivity index is 0.000000182. The molecule has 6 aliphatic rings. The van der Waals surface area contributed by atoms with Crippen LogP contribution in [-0.2, 0) is 21.9 Å². The highest BCUT2D eigenvalue weighted by Gasteiger charge is 2.48. The molecular formula is C60H76F6N2O6. The second-order valence-corrected chi connectivity index (χ2v) is 22.7. The van der Waals surface area contributed by atoms with Crippen LogP contribution in [0.4, 0.5) is 26.3 Å². The van der Waals surface area contributed by atoms with Crippen molar-refractivity contribution in [2.45, 2.75) is 217 Å². The molecule has 2 aliphatic carbocycles. The second kappa shape index (κ2) is 22.6. The van der Waals surface area contributed by atoms with E-state index in [0.29, 0.717) is 48.3 Å². The molecule has 0 radical (unpaired) electrons. The van der Waals surface area contributed by atoms with E-state index in [2.05, 4.69) is 37.5 Å². The maximum atomic E-state index is 14.3. The molecular weight excluding hydrogens is 959 g/mol. The third-order valence-corrected chi connectivity index (χ3v) is 18.4. The van der Waals surface area contributed by atoms with Crippen molar-refractivity contribution in [2.24, 2.45) is 23.7 Å². The summed E-state index contributed by atoms with van der Waals surface area (Å²) in [6.45, 7) is 8.53. The first-order valence-electron chi connectivity index (χ1n) is 28.0. The van der Waals surface area contributed by atoms with E-state index in [0.717, 1.165) is 114 Å². The zero-order valence-electron chi connectivity index (χ0n) is 43.5. The van der Waals surface area contributed by atoms with E-state index in [4.69, 9.17) is 9.47 Å².